The molecule has 0 unspecified atom stereocenters. The van der Waals surface area contributed by atoms with Crippen molar-refractivity contribution in [3.63, 3.8) is 0 Å². The molecule has 1 amide bonds. The summed E-state index contributed by atoms with van der Waals surface area (Å²) in [5.41, 5.74) is 3.19. The van der Waals surface area contributed by atoms with Crippen molar-refractivity contribution in [1.82, 2.24) is 9.97 Å². The van der Waals surface area contributed by atoms with E-state index in [-0.39, 0.29) is 17.4 Å². The van der Waals surface area contributed by atoms with Crippen LogP contribution in [0, 0.1) is 12.7 Å². The van der Waals surface area contributed by atoms with Crippen LogP contribution >= 0.6 is 0 Å². The predicted octanol–water partition coefficient (Wildman–Crippen LogP) is 4.26. The number of rotatable bonds is 3. The Kier molecular flexibility index (Phi) is 4.54. The number of aryl methyl sites for hydroxylation is 2. The van der Waals surface area contributed by atoms with Gasteiger partial charge in [0.1, 0.15) is 23.2 Å². The molecule has 27 heavy (non-hydrogen) atoms. The van der Waals surface area contributed by atoms with Crippen molar-refractivity contribution >= 4 is 23.1 Å². The number of anilines is 3. The maximum Gasteiger partial charge on any atom is 0.274 e. The number of carbonyl (C=O) groups excluding carboxylic acids is 1. The molecule has 1 aromatic heterocycles. The fourth-order valence-electron chi connectivity index (χ4n) is 3.31. The Morgan fingerprint density at radius 2 is 1.89 bits per heavy atom. The molecule has 0 aliphatic carbocycles. The van der Waals surface area contributed by atoms with Crippen LogP contribution in [-0.4, -0.2) is 22.4 Å². The number of benzene rings is 2. The normalized spacial score (nSPS) is 13.2. The van der Waals surface area contributed by atoms with Crippen LogP contribution in [0.1, 0.15) is 28.3 Å². The lowest BCUT2D eigenvalue weighted by Gasteiger charge is -2.30. The highest BCUT2D eigenvalue weighted by Crippen LogP contribution is 2.32. The van der Waals surface area contributed by atoms with Crippen molar-refractivity contribution in [3.05, 3.63) is 77.5 Å². The van der Waals surface area contributed by atoms with Crippen LogP contribution in [0.25, 0.3) is 0 Å². The molecule has 0 spiro atoms. The zero-order chi connectivity index (χ0) is 18.8. The van der Waals surface area contributed by atoms with Gasteiger partial charge >= 0.3 is 0 Å². The lowest BCUT2D eigenvalue weighted by molar-refractivity contribution is 0.102. The Bertz CT molecular complexity index is 988. The van der Waals surface area contributed by atoms with Gasteiger partial charge in [-0.15, -0.1) is 0 Å². The van der Waals surface area contributed by atoms with Crippen molar-refractivity contribution in [2.45, 2.75) is 19.8 Å². The molecule has 1 N–H and O–H groups in total. The van der Waals surface area contributed by atoms with Gasteiger partial charge in [0.25, 0.3) is 5.91 Å². The van der Waals surface area contributed by atoms with E-state index >= 15 is 0 Å². The van der Waals surface area contributed by atoms with Crippen molar-refractivity contribution in [1.29, 1.82) is 0 Å². The number of para-hydroxylation sites is 1. The lowest BCUT2D eigenvalue weighted by atomic mass is 10.0. The van der Waals surface area contributed by atoms with Gasteiger partial charge in [0.2, 0.25) is 0 Å². The summed E-state index contributed by atoms with van der Waals surface area (Å²) < 4.78 is 13.0. The minimum Gasteiger partial charge on any atom is -0.326 e. The van der Waals surface area contributed by atoms with Crippen molar-refractivity contribution in [2.75, 3.05) is 16.8 Å². The smallest absolute Gasteiger partial charge is 0.274 e. The van der Waals surface area contributed by atoms with Gasteiger partial charge in [-0.25, -0.2) is 14.4 Å². The van der Waals surface area contributed by atoms with Crippen molar-refractivity contribution < 1.29 is 9.18 Å². The van der Waals surface area contributed by atoms with E-state index in [2.05, 4.69) is 32.3 Å². The van der Waals surface area contributed by atoms with Gasteiger partial charge in [0.15, 0.2) is 0 Å². The molecule has 6 heteroatoms. The number of hydrogen-bond acceptors (Lipinski definition) is 4. The van der Waals surface area contributed by atoms with E-state index in [1.54, 1.807) is 13.0 Å². The molecule has 2 heterocycles. The zero-order valence-electron chi connectivity index (χ0n) is 14.9. The molecule has 0 fully saturated rings. The molecular weight excluding hydrogens is 343 g/mol. The molecule has 2 aromatic carbocycles. The van der Waals surface area contributed by atoms with Gasteiger partial charge in [0, 0.05) is 24.0 Å². The molecular formula is C21H19FN4O. The number of fused-ring (bicyclic) bond motifs is 1. The highest BCUT2D eigenvalue weighted by molar-refractivity contribution is 6.03. The van der Waals surface area contributed by atoms with Crippen LogP contribution in [0.15, 0.2) is 54.6 Å². The Labute approximate surface area is 156 Å². The second kappa shape index (κ2) is 7.15. The summed E-state index contributed by atoms with van der Waals surface area (Å²) in [6.45, 7) is 2.61. The van der Waals surface area contributed by atoms with E-state index in [1.807, 2.05) is 12.1 Å². The van der Waals surface area contributed by atoms with E-state index in [0.29, 0.717) is 17.3 Å². The lowest BCUT2D eigenvalue weighted by Crippen LogP contribution is -2.26. The number of hydrogen-bond donors (Lipinski definition) is 1. The maximum absolute atomic E-state index is 13.0. The molecule has 0 radical (unpaired) electrons. The van der Waals surface area contributed by atoms with E-state index in [9.17, 15) is 9.18 Å². The van der Waals surface area contributed by atoms with Gasteiger partial charge in [-0.2, -0.15) is 0 Å². The molecule has 0 atom stereocenters. The van der Waals surface area contributed by atoms with Gasteiger partial charge in [-0.3, -0.25) is 4.79 Å². The third-order valence-corrected chi connectivity index (χ3v) is 4.55. The third-order valence-electron chi connectivity index (χ3n) is 4.55. The van der Waals surface area contributed by atoms with Crippen LogP contribution in [0.3, 0.4) is 0 Å². The van der Waals surface area contributed by atoms with E-state index < -0.39 is 0 Å². The van der Waals surface area contributed by atoms with E-state index in [4.69, 9.17) is 0 Å². The largest absolute Gasteiger partial charge is 0.326 e. The minimum atomic E-state index is -0.350. The first kappa shape index (κ1) is 17.1. The summed E-state index contributed by atoms with van der Waals surface area (Å²) in [6, 6.07) is 15.6. The molecule has 0 bridgehead atoms. The number of nitrogens with zero attached hydrogens (tertiary/aromatic N) is 3. The van der Waals surface area contributed by atoms with Crippen LogP contribution in [0.2, 0.25) is 0 Å². The highest BCUT2D eigenvalue weighted by atomic mass is 19.1. The van der Waals surface area contributed by atoms with Crippen LogP contribution in [-0.2, 0) is 6.42 Å². The first-order valence-corrected chi connectivity index (χ1v) is 8.88. The summed E-state index contributed by atoms with van der Waals surface area (Å²) in [4.78, 5) is 23.6. The van der Waals surface area contributed by atoms with Crippen LogP contribution in [0.5, 0.6) is 0 Å². The molecule has 5 nitrogen and oxygen atoms in total. The molecule has 4 rings (SSSR count). The third kappa shape index (κ3) is 3.65. The molecule has 0 saturated carbocycles. The number of nitrogens with one attached hydrogen (secondary N) is 1. The van der Waals surface area contributed by atoms with Crippen molar-refractivity contribution in [2.24, 2.45) is 0 Å². The van der Waals surface area contributed by atoms with Crippen LogP contribution < -0.4 is 10.2 Å². The van der Waals surface area contributed by atoms with E-state index in [1.165, 1.54) is 29.8 Å². The molecule has 1 aliphatic heterocycles. The average molecular weight is 362 g/mol. The quantitative estimate of drug-likeness (QED) is 0.756. The summed E-state index contributed by atoms with van der Waals surface area (Å²) >= 11 is 0. The summed E-state index contributed by atoms with van der Waals surface area (Å²) in [6.07, 6.45) is 2.06. The predicted molar refractivity (Wildman–Crippen MR) is 103 cm³/mol. The first-order valence-electron chi connectivity index (χ1n) is 8.88. The van der Waals surface area contributed by atoms with Gasteiger partial charge < -0.3 is 10.2 Å². The second-order valence-corrected chi connectivity index (χ2v) is 6.50. The van der Waals surface area contributed by atoms with Crippen LogP contribution in [0.4, 0.5) is 21.6 Å². The second-order valence-electron chi connectivity index (χ2n) is 6.50. The fraction of sp³-hybridized carbons (Fsp3) is 0.190. The zero-order valence-corrected chi connectivity index (χ0v) is 14.9. The topological polar surface area (TPSA) is 58.1 Å². The molecule has 3 aromatic rings. The monoisotopic (exact) mass is 362 g/mol. The standard InChI is InChI=1S/C21H19FN4O/c1-14-23-18(21(27)25-17-10-8-16(22)9-11-17)13-20(24-14)26-12-4-6-15-5-2-3-7-19(15)26/h2-3,5,7-11,13H,4,6,12H2,1H3,(H,25,27). The van der Waals surface area contributed by atoms with Gasteiger partial charge in [-0.1, -0.05) is 18.2 Å². The molecule has 136 valence electrons. The van der Waals surface area contributed by atoms with E-state index in [0.717, 1.165) is 25.1 Å². The Morgan fingerprint density at radius 1 is 1.11 bits per heavy atom. The first-order chi connectivity index (χ1) is 13.1. The Morgan fingerprint density at radius 3 is 2.70 bits per heavy atom. The Hall–Kier alpha value is -3.28. The van der Waals surface area contributed by atoms with Gasteiger partial charge in [0.05, 0.1) is 0 Å². The summed E-state index contributed by atoms with van der Waals surface area (Å²) in [7, 11) is 0. The minimum absolute atomic E-state index is 0.282. The van der Waals surface area contributed by atoms with Crippen molar-refractivity contribution in [3.8, 4) is 0 Å². The number of halogens is 1. The summed E-state index contributed by atoms with van der Waals surface area (Å²) in [5, 5.41) is 2.75. The number of amides is 1. The average Bonchev–Trinajstić information content (AvgIpc) is 2.69. The Balaban J connectivity index is 1.64. The maximum atomic E-state index is 13.0. The number of aromatic nitrogens is 2. The fourth-order valence-corrected chi connectivity index (χ4v) is 3.31. The van der Waals surface area contributed by atoms with Gasteiger partial charge in [-0.05, 0) is 55.7 Å². The SMILES string of the molecule is Cc1nc(C(=O)Nc2ccc(F)cc2)cc(N2CCCc3ccccc32)n1. The summed E-state index contributed by atoms with van der Waals surface area (Å²) in [5.74, 6) is 0.536. The highest BCUT2D eigenvalue weighted by Gasteiger charge is 2.21. The molecule has 0 saturated heterocycles. The number of carbonyl (C=O) groups is 1. The molecule has 1 aliphatic rings.